The Morgan fingerprint density at radius 2 is 2.24 bits per heavy atom. The molecule has 6 heteroatoms. The van der Waals surface area contributed by atoms with Crippen molar-refractivity contribution in [1.82, 2.24) is 4.31 Å². The number of likely N-dealkylation sites (N-methyl/N-ethyl adjacent to an activating group) is 1. The molecule has 0 aliphatic carbocycles. The highest BCUT2D eigenvalue weighted by Crippen LogP contribution is 2.21. The second-order valence-electron chi connectivity index (χ2n) is 4.11. The van der Waals surface area contributed by atoms with Gasteiger partial charge in [0.2, 0.25) is 10.0 Å². The van der Waals surface area contributed by atoms with Crippen molar-refractivity contribution in [2.75, 3.05) is 26.0 Å². The molecule has 0 saturated carbocycles. The lowest BCUT2D eigenvalue weighted by Gasteiger charge is -2.22. The van der Waals surface area contributed by atoms with Gasteiger partial charge >= 0.3 is 0 Å². The van der Waals surface area contributed by atoms with E-state index >= 15 is 0 Å². The van der Waals surface area contributed by atoms with Crippen LogP contribution >= 0.6 is 0 Å². The molecule has 0 amide bonds. The monoisotopic (exact) mass is 256 g/mol. The van der Waals surface area contributed by atoms with E-state index in [1.807, 2.05) is 0 Å². The Bertz CT molecular complexity index is 495. The summed E-state index contributed by atoms with van der Waals surface area (Å²) in [4.78, 5) is 0.229. The van der Waals surface area contributed by atoms with Crippen molar-refractivity contribution >= 4 is 15.7 Å². The third kappa shape index (κ3) is 2.43. The van der Waals surface area contributed by atoms with Crippen LogP contribution in [0.1, 0.15) is 6.42 Å². The highest BCUT2D eigenvalue weighted by atomic mass is 32.2. The van der Waals surface area contributed by atoms with Gasteiger partial charge in [0, 0.05) is 19.3 Å². The SMILES string of the molecule is CN(C1CCOC1)S(=O)(=O)c1cccc(N)c1. The number of ether oxygens (including phenoxy) is 1. The summed E-state index contributed by atoms with van der Waals surface area (Å²) >= 11 is 0. The Morgan fingerprint density at radius 3 is 2.82 bits per heavy atom. The first-order chi connectivity index (χ1) is 8.01. The van der Waals surface area contributed by atoms with Gasteiger partial charge in [-0.15, -0.1) is 0 Å². The number of nitrogens with two attached hydrogens (primary N) is 1. The molecule has 1 aromatic carbocycles. The van der Waals surface area contributed by atoms with Gasteiger partial charge in [-0.3, -0.25) is 0 Å². The molecular formula is C11H16N2O3S. The van der Waals surface area contributed by atoms with Gasteiger partial charge in [-0.2, -0.15) is 4.31 Å². The fourth-order valence-electron chi connectivity index (χ4n) is 1.85. The van der Waals surface area contributed by atoms with E-state index in [0.717, 1.165) is 6.42 Å². The van der Waals surface area contributed by atoms with Crippen molar-refractivity contribution in [2.24, 2.45) is 0 Å². The van der Waals surface area contributed by atoms with E-state index in [2.05, 4.69) is 0 Å². The van der Waals surface area contributed by atoms with Gasteiger partial charge < -0.3 is 10.5 Å². The van der Waals surface area contributed by atoms with Crippen LogP contribution in [0.15, 0.2) is 29.2 Å². The van der Waals surface area contributed by atoms with Crippen molar-refractivity contribution in [3.8, 4) is 0 Å². The first kappa shape index (κ1) is 12.3. The number of hydrogen-bond donors (Lipinski definition) is 1. The Morgan fingerprint density at radius 1 is 1.47 bits per heavy atom. The molecule has 2 rings (SSSR count). The standard InChI is InChI=1S/C11H16N2O3S/c1-13(10-5-6-16-8-10)17(14,15)11-4-2-3-9(12)7-11/h2-4,7,10H,5-6,8,12H2,1H3. The number of sulfonamides is 1. The molecule has 1 aliphatic heterocycles. The zero-order valence-corrected chi connectivity index (χ0v) is 10.5. The average Bonchev–Trinajstić information content (AvgIpc) is 2.81. The third-order valence-corrected chi connectivity index (χ3v) is 4.86. The van der Waals surface area contributed by atoms with Gasteiger partial charge in [0.15, 0.2) is 0 Å². The molecule has 1 atom stereocenters. The first-order valence-electron chi connectivity index (χ1n) is 5.43. The van der Waals surface area contributed by atoms with E-state index in [4.69, 9.17) is 10.5 Å². The fourth-order valence-corrected chi connectivity index (χ4v) is 3.27. The minimum Gasteiger partial charge on any atom is -0.399 e. The summed E-state index contributed by atoms with van der Waals surface area (Å²) in [5, 5.41) is 0. The van der Waals surface area contributed by atoms with Crippen LogP contribution in [-0.2, 0) is 14.8 Å². The number of hydrogen-bond acceptors (Lipinski definition) is 4. The minimum absolute atomic E-state index is 0.0820. The quantitative estimate of drug-likeness (QED) is 0.807. The summed E-state index contributed by atoms with van der Waals surface area (Å²) in [7, 11) is -1.89. The predicted octanol–water partition coefficient (Wildman–Crippen LogP) is 0.678. The molecule has 94 valence electrons. The van der Waals surface area contributed by atoms with E-state index in [1.54, 1.807) is 25.2 Å². The smallest absolute Gasteiger partial charge is 0.243 e. The molecule has 1 heterocycles. The lowest BCUT2D eigenvalue weighted by Crippen LogP contribution is -2.37. The molecule has 17 heavy (non-hydrogen) atoms. The molecule has 0 bridgehead atoms. The maximum absolute atomic E-state index is 12.3. The van der Waals surface area contributed by atoms with Crippen LogP contribution in [0.2, 0.25) is 0 Å². The van der Waals surface area contributed by atoms with E-state index in [0.29, 0.717) is 18.9 Å². The predicted molar refractivity (Wildman–Crippen MR) is 65.0 cm³/mol. The molecule has 1 fully saturated rings. The highest BCUT2D eigenvalue weighted by Gasteiger charge is 2.30. The van der Waals surface area contributed by atoms with Gasteiger partial charge in [0.05, 0.1) is 17.5 Å². The summed E-state index contributed by atoms with van der Waals surface area (Å²) in [6.45, 7) is 1.07. The zero-order chi connectivity index (χ0) is 12.5. The molecule has 2 N–H and O–H groups in total. The van der Waals surface area contributed by atoms with Crippen LogP contribution in [-0.4, -0.2) is 39.0 Å². The van der Waals surface area contributed by atoms with Gasteiger partial charge in [0.1, 0.15) is 0 Å². The Kier molecular flexibility index (Phi) is 3.37. The maximum Gasteiger partial charge on any atom is 0.243 e. The topological polar surface area (TPSA) is 72.6 Å². The number of benzene rings is 1. The van der Waals surface area contributed by atoms with Crippen molar-refractivity contribution in [1.29, 1.82) is 0 Å². The largest absolute Gasteiger partial charge is 0.399 e. The van der Waals surface area contributed by atoms with Crippen molar-refractivity contribution < 1.29 is 13.2 Å². The Labute approximate surface area is 101 Å². The second kappa shape index (κ2) is 4.64. The summed E-state index contributed by atoms with van der Waals surface area (Å²) in [5.41, 5.74) is 6.05. The molecule has 1 saturated heterocycles. The van der Waals surface area contributed by atoms with Crippen LogP contribution in [0.5, 0.6) is 0 Å². The van der Waals surface area contributed by atoms with Crippen LogP contribution in [0.25, 0.3) is 0 Å². The average molecular weight is 256 g/mol. The molecule has 0 spiro atoms. The molecule has 0 aromatic heterocycles. The van der Waals surface area contributed by atoms with Crippen molar-refractivity contribution in [3.05, 3.63) is 24.3 Å². The van der Waals surface area contributed by atoms with Crippen LogP contribution in [0.3, 0.4) is 0 Å². The van der Waals surface area contributed by atoms with Gasteiger partial charge in [-0.25, -0.2) is 8.42 Å². The van der Waals surface area contributed by atoms with Crippen LogP contribution < -0.4 is 5.73 Å². The van der Waals surface area contributed by atoms with E-state index in [9.17, 15) is 8.42 Å². The minimum atomic E-state index is -3.47. The molecule has 0 radical (unpaired) electrons. The number of anilines is 1. The summed E-state index contributed by atoms with van der Waals surface area (Å²) in [5.74, 6) is 0. The number of nitrogen functional groups attached to an aromatic ring is 1. The van der Waals surface area contributed by atoms with Crippen molar-refractivity contribution in [2.45, 2.75) is 17.4 Å². The maximum atomic E-state index is 12.3. The molecular weight excluding hydrogens is 240 g/mol. The summed E-state index contributed by atoms with van der Waals surface area (Å²) in [6.07, 6.45) is 0.734. The van der Waals surface area contributed by atoms with Crippen LogP contribution in [0, 0.1) is 0 Å². The normalized spacial score (nSPS) is 20.9. The summed E-state index contributed by atoms with van der Waals surface area (Å²) < 4.78 is 31.1. The molecule has 5 nitrogen and oxygen atoms in total. The number of rotatable bonds is 3. The van der Waals surface area contributed by atoms with Crippen molar-refractivity contribution in [3.63, 3.8) is 0 Å². The zero-order valence-electron chi connectivity index (χ0n) is 9.67. The molecule has 1 aliphatic rings. The fraction of sp³-hybridized carbons (Fsp3) is 0.455. The second-order valence-corrected chi connectivity index (χ2v) is 6.11. The lowest BCUT2D eigenvalue weighted by atomic mass is 10.3. The Balaban J connectivity index is 2.29. The van der Waals surface area contributed by atoms with E-state index in [1.165, 1.54) is 10.4 Å². The highest BCUT2D eigenvalue weighted by molar-refractivity contribution is 7.89. The van der Waals surface area contributed by atoms with Gasteiger partial charge in [-0.1, -0.05) is 6.07 Å². The van der Waals surface area contributed by atoms with Gasteiger partial charge in [0.25, 0.3) is 0 Å². The summed E-state index contributed by atoms with van der Waals surface area (Å²) in [6, 6.07) is 6.25. The Hall–Kier alpha value is -1.11. The van der Waals surface area contributed by atoms with Crippen LogP contribution in [0.4, 0.5) is 5.69 Å². The number of nitrogens with zero attached hydrogens (tertiary/aromatic N) is 1. The molecule has 1 aromatic rings. The molecule has 1 unspecified atom stereocenters. The lowest BCUT2D eigenvalue weighted by molar-refractivity contribution is 0.181. The first-order valence-corrected chi connectivity index (χ1v) is 6.87. The van der Waals surface area contributed by atoms with E-state index < -0.39 is 10.0 Å². The van der Waals surface area contributed by atoms with E-state index in [-0.39, 0.29) is 10.9 Å². The third-order valence-electron chi connectivity index (χ3n) is 2.95. The van der Waals surface area contributed by atoms with Gasteiger partial charge in [-0.05, 0) is 24.6 Å².